The first-order chi connectivity index (χ1) is 28.0. The van der Waals surface area contributed by atoms with Gasteiger partial charge in [0, 0.05) is 6.42 Å². The van der Waals surface area contributed by atoms with E-state index in [-0.39, 0.29) is 24.9 Å². The number of carbonyl (C=O) groups excluding carboxylic acids is 2. The van der Waals surface area contributed by atoms with Crippen LogP contribution in [0.2, 0.25) is 0 Å². The van der Waals surface area contributed by atoms with E-state index in [9.17, 15) is 19.8 Å². The number of hydrogen-bond donors (Lipinski definition) is 3. The molecule has 6 nitrogen and oxygen atoms in total. The number of allylic oxidation sites excluding steroid dienone is 6. The number of rotatable bonds is 44. The lowest BCUT2D eigenvalue weighted by Gasteiger charge is -2.24. The van der Waals surface area contributed by atoms with Gasteiger partial charge in [-0.2, -0.15) is 0 Å². The molecular weight excluding hydrogens is 707 g/mol. The molecule has 0 heterocycles. The van der Waals surface area contributed by atoms with Crippen molar-refractivity contribution in [2.75, 3.05) is 6.61 Å². The predicted molar refractivity (Wildman–Crippen MR) is 246 cm³/mol. The minimum absolute atomic E-state index is 0.0658. The second-order valence-electron chi connectivity index (χ2n) is 16.9. The van der Waals surface area contributed by atoms with Crippen LogP contribution in [0.4, 0.5) is 0 Å². The fraction of sp³-hybridized carbons (Fsp3) is 0.843. The molecule has 0 aliphatic carbocycles. The summed E-state index contributed by atoms with van der Waals surface area (Å²) in [5.41, 5.74) is 0. The van der Waals surface area contributed by atoms with E-state index in [0.717, 1.165) is 83.5 Å². The molecule has 3 N–H and O–H groups in total. The maximum Gasteiger partial charge on any atom is 0.306 e. The molecule has 0 rings (SSSR count). The van der Waals surface area contributed by atoms with Crippen molar-refractivity contribution >= 4 is 11.9 Å². The summed E-state index contributed by atoms with van der Waals surface area (Å²) >= 11 is 0. The molecule has 0 bridgehead atoms. The molecule has 0 aromatic heterocycles. The smallest absolute Gasteiger partial charge is 0.306 e. The van der Waals surface area contributed by atoms with Crippen molar-refractivity contribution in [2.24, 2.45) is 0 Å². The molecule has 0 aliphatic rings. The topological polar surface area (TPSA) is 95.9 Å². The second-order valence-corrected chi connectivity index (χ2v) is 16.9. The Morgan fingerprint density at radius 2 is 0.895 bits per heavy atom. The van der Waals surface area contributed by atoms with Crippen LogP contribution in [0.15, 0.2) is 36.5 Å². The Morgan fingerprint density at radius 3 is 1.39 bits per heavy atom. The lowest BCUT2D eigenvalue weighted by atomic mass is 10.0. The summed E-state index contributed by atoms with van der Waals surface area (Å²) in [4.78, 5) is 26.0. The first-order valence-corrected chi connectivity index (χ1v) is 24.7. The standard InChI is InChI=1S/C51H95NO5/c1-4-7-10-13-16-19-21-23-24-25-26-27-28-31-33-36-39-42-47(57-51(56)44-41-38-35-32-29-22-20-17-14-11-8-5-2)45-50(55)52-48(46-53)49(54)43-40-37-34-30-18-15-12-9-6-3/h16,19,23-24,26-27,47-49,53-54H,4-15,17-18,20-22,25,28-46H2,1-3H3,(H,52,55)/b19-16-,24-23-,27-26-. The zero-order valence-corrected chi connectivity index (χ0v) is 38.0. The number of unbranched alkanes of at least 4 members (excludes halogenated alkanes) is 26. The molecule has 1 amide bonds. The van der Waals surface area contributed by atoms with Gasteiger partial charge in [0.15, 0.2) is 0 Å². The number of aliphatic hydroxyl groups is 2. The van der Waals surface area contributed by atoms with Crippen LogP contribution in [0.1, 0.15) is 252 Å². The molecular formula is C51H95NO5. The van der Waals surface area contributed by atoms with Crippen molar-refractivity contribution in [3.05, 3.63) is 36.5 Å². The molecule has 0 fully saturated rings. The van der Waals surface area contributed by atoms with Crippen LogP contribution in [-0.4, -0.2) is 46.9 Å². The maximum absolute atomic E-state index is 13.1. The highest BCUT2D eigenvalue weighted by molar-refractivity contribution is 5.77. The number of aliphatic hydroxyl groups excluding tert-OH is 2. The Balaban J connectivity index is 4.63. The van der Waals surface area contributed by atoms with Crippen molar-refractivity contribution in [3.8, 4) is 0 Å². The van der Waals surface area contributed by atoms with Crippen LogP contribution in [0.25, 0.3) is 0 Å². The van der Waals surface area contributed by atoms with Crippen molar-refractivity contribution in [2.45, 2.75) is 270 Å². The van der Waals surface area contributed by atoms with Crippen LogP contribution < -0.4 is 5.32 Å². The van der Waals surface area contributed by atoms with E-state index in [2.05, 4.69) is 62.5 Å². The number of hydrogen-bond acceptors (Lipinski definition) is 5. The van der Waals surface area contributed by atoms with E-state index in [0.29, 0.717) is 19.3 Å². The van der Waals surface area contributed by atoms with E-state index in [4.69, 9.17) is 4.74 Å². The molecule has 3 atom stereocenters. The van der Waals surface area contributed by atoms with E-state index in [1.165, 1.54) is 122 Å². The first-order valence-electron chi connectivity index (χ1n) is 24.7. The third kappa shape index (κ3) is 40.6. The second kappa shape index (κ2) is 45.2. The molecule has 57 heavy (non-hydrogen) atoms. The van der Waals surface area contributed by atoms with Gasteiger partial charge in [0.25, 0.3) is 0 Å². The van der Waals surface area contributed by atoms with Crippen LogP contribution in [0.3, 0.4) is 0 Å². The molecule has 0 saturated heterocycles. The lowest BCUT2D eigenvalue weighted by Crippen LogP contribution is -2.46. The molecule has 0 spiro atoms. The van der Waals surface area contributed by atoms with Gasteiger partial charge in [0.1, 0.15) is 6.10 Å². The summed E-state index contributed by atoms with van der Waals surface area (Å²) in [6.45, 7) is 6.43. The van der Waals surface area contributed by atoms with Crippen molar-refractivity contribution in [1.29, 1.82) is 0 Å². The highest BCUT2D eigenvalue weighted by Gasteiger charge is 2.24. The molecule has 0 aromatic carbocycles. The number of esters is 1. The van der Waals surface area contributed by atoms with Gasteiger partial charge in [0.2, 0.25) is 5.91 Å². The molecule has 6 heteroatoms. The third-order valence-electron chi connectivity index (χ3n) is 11.2. The molecule has 0 aliphatic heterocycles. The Morgan fingerprint density at radius 1 is 0.509 bits per heavy atom. The van der Waals surface area contributed by atoms with Gasteiger partial charge in [-0.25, -0.2) is 0 Å². The predicted octanol–water partition coefficient (Wildman–Crippen LogP) is 14.5. The van der Waals surface area contributed by atoms with Gasteiger partial charge in [-0.05, 0) is 64.2 Å². The van der Waals surface area contributed by atoms with Crippen molar-refractivity contribution in [1.82, 2.24) is 5.32 Å². The molecule has 3 unspecified atom stereocenters. The normalized spacial score (nSPS) is 13.6. The van der Waals surface area contributed by atoms with E-state index in [1.54, 1.807) is 0 Å². The van der Waals surface area contributed by atoms with E-state index < -0.39 is 18.2 Å². The fourth-order valence-corrected chi connectivity index (χ4v) is 7.44. The average Bonchev–Trinajstić information content (AvgIpc) is 3.20. The van der Waals surface area contributed by atoms with Crippen molar-refractivity contribution < 1.29 is 24.5 Å². The Hall–Kier alpha value is -1.92. The molecule has 0 saturated carbocycles. The zero-order valence-electron chi connectivity index (χ0n) is 38.0. The number of ether oxygens (including phenoxy) is 1. The van der Waals surface area contributed by atoms with Crippen LogP contribution in [0.5, 0.6) is 0 Å². The van der Waals surface area contributed by atoms with Gasteiger partial charge in [-0.15, -0.1) is 0 Å². The van der Waals surface area contributed by atoms with Crippen molar-refractivity contribution in [3.63, 3.8) is 0 Å². The average molecular weight is 802 g/mol. The molecule has 0 radical (unpaired) electrons. The van der Waals surface area contributed by atoms with Gasteiger partial charge in [-0.1, -0.05) is 211 Å². The Kier molecular flexibility index (Phi) is 43.6. The zero-order chi connectivity index (χ0) is 41.7. The van der Waals surface area contributed by atoms with Crippen LogP contribution in [0, 0.1) is 0 Å². The van der Waals surface area contributed by atoms with Gasteiger partial charge >= 0.3 is 5.97 Å². The Labute approximate surface area is 353 Å². The number of nitrogens with one attached hydrogen (secondary N) is 1. The summed E-state index contributed by atoms with van der Waals surface area (Å²) in [5, 5.41) is 23.6. The maximum atomic E-state index is 13.1. The van der Waals surface area contributed by atoms with Gasteiger partial charge in [0.05, 0.1) is 25.2 Å². The fourth-order valence-electron chi connectivity index (χ4n) is 7.44. The summed E-state index contributed by atoms with van der Waals surface area (Å²) in [7, 11) is 0. The quantitative estimate of drug-likeness (QED) is 0.0324. The number of carbonyl (C=O) groups is 2. The van der Waals surface area contributed by atoms with Crippen LogP contribution >= 0.6 is 0 Å². The van der Waals surface area contributed by atoms with Crippen LogP contribution in [-0.2, 0) is 14.3 Å². The van der Waals surface area contributed by atoms with E-state index >= 15 is 0 Å². The van der Waals surface area contributed by atoms with E-state index in [1.807, 2.05) is 0 Å². The summed E-state index contributed by atoms with van der Waals surface area (Å²) < 4.78 is 5.91. The van der Waals surface area contributed by atoms with Gasteiger partial charge in [-0.3, -0.25) is 9.59 Å². The summed E-state index contributed by atoms with van der Waals surface area (Å²) in [6, 6.07) is -0.704. The highest BCUT2D eigenvalue weighted by atomic mass is 16.5. The largest absolute Gasteiger partial charge is 0.462 e. The summed E-state index contributed by atoms with van der Waals surface area (Å²) in [6.07, 6.45) is 52.0. The molecule has 334 valence electrons. The summed E-state index contributed by atoms with van der Waals surface area (Å²) in [5.74, 6) is -0.489. The first kappa shape index (κ1) is 55.1. The monoisotopic (exact) mass is 802 g/mol. The van der Waals surface area contributed by atoms with Gasteiger partial charge < -0.3 is 20.3 Å². The minimum Gasteiger partial charge on any atom is -0.462 e. The minimum atomic E-state index is -0.789. The Bertz CT molecular complexity index is 946. The lowest BCUT2D eigenvalue weighted by molar-refractivity contribution is -0.151. The highest BCUT2D eigenvalue weighted by Crippen LogP contribution is 2.17. The number of amides is 1. The SMILES string of the molecule is CCCCC/C=C\C/C=C\C/C=C\CCCCCCC(CC(=O)NC(CO)C(O)CCCCCCCCCCC)OC(=O)CCCCCCCCCCCCCC. The third-order valence-corrected chi connectivity index (χ3v) is 11.2. The molecule has 0 aromatic rings.